The summed E-state index contributed by atoms with van der Waals surface area (Å²) in [7, 11) is 1.65. The van der Waals surface area contributed by atoms with Crippen molar-refractivity contribution in [2.75, 3.05) is 46.6 Å². The first-order chi connectivity index (χ1) is 14.7. The average molecular weight is 413 g/mol. The first-order valence-corrected chi connectivity index (χ1v) is 10.7. The standard InChI is InChI=1S/C24H32N2O4/c1-4-18-6-8-19(9-7-18)24(27)25-17-21(26-12-14-29-15-13-26)20-10-11-22(30-5-2)23(16-20)28-3/h6-11,16,21H,4-5,12-15,17H2,1-3H3,(H,25,27). The van der Waals surface area contributed by atoms with Gasteiger partial charge in [0, 0.05) is 25.2 Å². The third-order valence-corrected chi connectivity index (χ3v) is 5.44. The Bertz CT molecular complexity index is 816. The highest BCUT2D eigenvalue weighted by molar-refractivity contribution is 5.94. The number of nitrogens with zero attached hydrogens (tertiary/aromatic N) is 1. The zero-order valence-electron chi connectivity index (χ0n) is 18.1. The third kappa shape index (κ3) is 5.52. The number of hydrogen-bond donors (Lipinski definition) is 1. The van der Waals surface area contributed by atoms with E-state index in [-0.39, 0.29) is 11.9 Å². The van der Waals surface area contributed by atoms with Crippen molar-refractivity contribution in [1.82, 2.24) is 10.2 Å². The number of morpholine rings is 1. The lowest BCUT2D eigenvalue weighted by molar-refractivity contribution is 0.0162. The molecule has 2 aromatic rings. The molecule has 3 rings (SSSR count). The molecular formula is C24H32N2O4. The topological polar surface area (TPSA) is 60.0 Å². The highest BCUT2D eigenvalue weighted by Gasteiger charge is 2.24. The molecule has 0 bridgehead atoms. The van der Waals surface area contributed by atoms with Gasteiger partial charge in [0.25, 0.3) is 5.91 Å². The Morgan fingerprint density at radius 2 is 1.83 bits per heavy atom. The van der Waals surface area contributed by atoms with Crippen molar-refractivity contribution in [3.63, 3.8) is 0 Å². The summed E-state index contributed by atoms with van der Waals surface area (Å²) in [5.41, 5.74) is 2.98. The molecule has 1 N–H and O–H groups in total. The number of nitrogens with one attached hydrogen (secondary N) is 1. The Labute approximate surface area is 179 Å². The van der Waals surface area contributed by atoms with Gasteiger partial charge in [0.05, 0.1) is 33.0 Å². The number of carbonyl (C=O) groups is 1. The molecule has 30 heavy (non-hydrogen) atoms. The van der Waals surface area contributed by atoms with Gasteiger partial charge < -0.3 is 19.5 Å². The van der Waals surface area contributed by atoms with Crippen LogP contribution >= 0.6 is 0 Å². The molecule has 2 aromatic carbocycles. The molecule has 1 heterocycles. The normalized spacial score (nSPS) is 15.4. The maximum absolute atomic E-state index is 12.7. The maximum atomic E-state index is 12.7. The van der Waals surface area contributed by atoms with E-state index in [1.807, 2.05) is 43.3 Å². The molecule has 1 unspecified atom stereocenters. The smallest absolute Gasteiger partial charge is 0.251 e. The second-order valence-corrected chi connectivity index (χ2v) is 7.27. The average Bonchev–Trinajstić information content (AvgIpc) is 2.80. The molecule has 1 aliphatic heterocycles. The van der Waals surface area contributed by atoms with Gasteiger partial charge in [0.2, 0.25) is 0 Å². The van der Waals surface area contributed by atoms with Gasteiger partial charge >= 0.3 is 0 Å². The number of carbonyl (C=O) groups excluding carboxylic acids is 1. The minimum absolute atomic E-state index is 0.0253. The van der Waals surface area contributed by atoms with Crippen LogP contribution in [0.5, 0.6) is 11.5 Å². The summed E-state index contributed by atoms with van der Waals surface area (Å²) in [4.78, 5) is 15.1. The minimum Gasteiger partial charge on any atom is -0.493 e. The van der Waals surface area contributed by atoms with Crippen LogP contribution in [0.2, 0.25) is 0 Å². The van der Waals surface area contributed by atoms with Gasteiger partial charge in [-0.15, -0.1) is 0 Å². The van der Waals surface area contributed by atoms with Crippen LogP contribution in [0.15, 0.2) is 42.5 Å². The van der Waals surface area contributed by atoms with Crippen LogP contribution in [0, 0.1) is 0 Å². The van der Waals surface area contributed by atoms with Crippen molar-refractivity contribution >= 4 is 5.91 Å². The van der Waals surface area contributed by atoms with E-state index in [1.165, 1.54) is 5.56 Å². The Kier molecular flexibility index (Phi) is 8.11. The summed E-state index contributed by atoms with van der Waals surface area (Å²) in [5, 5.41) is 3.12. The first-order valence-electron chi connectivity index (χ1n) is 10.7. The SMILES string of the molecule is CCOc1ccc(C(CNC(=O)c2ccc(CC)cc2)N2CCOCC2)cc1OC. The van der Waals surface area contributed by atoms with Crippen molar-refractivity contribution in [2.24, 2.45) is 0 Å². The van der Waals surface area contributed by atoms with Crippen molar-refractivity contribution in [3.8, 4) is 11.5 Å². The summed E-state index contributed by atoms with van der Waals surface area (Å²) in [5.74, 6) is 1.37. The predicted molar refractivity (Wildman–Crippen MR) is 117 cm³/mol. The molecule has 0 aliphatic carbocycles. The molecule has 6 heteroatoms. The van der Waals surface area contributed by atoms with E-state index in [0.717, 1.165) is 30.8 Å². The van der Waals surface area contributed by atoms with E-state index >= 15 is 0 Å². The van der Waals surface area contributed by atoms with Crippen LogP contribution in [0.25, 0.3) is 0 Å². The van der Waals surface area contributed by atoms with Gasteiger partial charge in [0.1, 0.15) is 0 Å². The first kappa shape index (κ1) is 22.1. The minimum atomic E-state index is -0.0613. The largest absolute Gasteiger partial charge is 0.493 e. The Hall–Kier alpha value is -2.57. The fourth-order valence-electron chi connectivity index (χ4n) is 3.70. The molecular weight excluding hydrogens is 380 g/mol. The third-order valence-electron chi connectivity index (χ3n) is 5.44. The van der Waals surface area contributed by atoms with Crippen LogP contribution in [0.4, 0.5) is 0 Å². The number of ether oxygens (including phenoxy) is 3. The number of methoxy groups -OCH3 is 1. The lowest BCUT2D eigenvalue weighted by atomic mass is 10.0. The molecule has 1 amide bonds. The zero-order valence-corrected chi connectivity index (χ0v) is 18.1. The fraction of sp³-hybridized carbons (Fsp3) is 0.458. The van der Waals surface area contributed by atoms with Crippen LogP contribution in [0.1, 0.15) is 41.4 Å². The van der Waals surface area contributed by atoms with Gasteiger partial charge in [-0.1, -0.05) is 25.1 Å². The van der Waals surface area contributed by atoms with Crippen LogP contribution < -0.4 is 14.8 Å². The van der Waals surface area contributed by atoms with E-state index in [0.29, 0.717) is 37.7 Å². The van der Waals surface area contributed by atoms with Crippen molar-refractivity contribution in [2.45, 2.75) is 26.3 Å². The second kappa shape index (κ2) is 11.0. The highest BCUT2D eigenvalue weighted by Crippen LogP contribution is 2.32. The van der Waals surface area contributed by atoms with Crippen molar-refractivity contribution in [1.29, 1.82) is 0 Å². The number of amides is 1. The molecule has 0 spiro atoms. The predicted octanol–water partition coefficient (Wildman–Crippen LogP) is 3.46. The number of rotatable bonds is 9. The number of hydrogen-bond acceptors (Lipinski definition) is 5. The summed E-state index contributed by atoms with van der Waals surface area (Å²) in [6.45, 7) is 8.16. The summed E-state index contributed by atoms with van der Waals surface area (Å²) in [6.07, 6.45) is 0.959. The van der Waals surface area contributed by atoms with Crippen LogP contribution in [0.3, 0.4) is 0 Å². The van der Waals surface area contributed by atoms with Gasteiger partial charge in [0.15, 0.2) is 11.5 Å². The maximum Gasteiger partial charge on any atom is 0.251 e. The van der Waals surface area contributed by atoms with E-state index in [4.69, 9.17) is 14.2 Å². The molecule has 1 fully saturated rings. The van der Waals surface area contributed by atoms with Crippen LogP contribution in [-0.4, -0.2) is 57.4 Å². The molecule has 1 aliphatic rings. The second-order valence-electron chi connectivity index (χ2n) is 7.27. The molecule has 0 radical (unpaired) electrons. The van der Waals surface area contributed by atoms with Gasteiger partial charge in [-0.25, -0.2) is 0 Å². The zero-order chi connectivity index (χ0) is 21.3. The number of aryl methyl sites for hydroxylation is 1. The molecule has 0 saturated carbocycles. The van der Waals surface area contributed by atoms with E-state index in [1.54, 1.807) is 7.11 Å². The van der Waals surface area contributed by atoms with E-state index < -0.39 is 0 Å². The molecule has 1 atom stereocenters. The quantitative estimate of drug-likeness (QED) is 0.684. The molecule has 162 valence electrons. The fourth-order valence-corrected chi connectivity index (χ4v) is 3.70. The monoisotopic (exact) mass is 412 g/mol. The summed E-state index contributed by atoms with van der Waals surface area (Å²) < 4.78 is 16.7. The number of benzene rings is 2. The van der Waals surface area contributed by atoms with Gasteiger partial charge in [-0.05, 0) is 48.7 Å². The molecule has 6 nitrogen and oxygen atoms in total. The Morgan fingerprint density at radius 3 is 2.47 bits per heavy atom. The lowest BCUT2D eigenvalue weighted by Gasteiger charge is -2.35. The Balaban J connectivity index is 1.77. The lowest BCUT2D eigenvalue weighted by Crippen LogP contribution is -2.43. The van der Waals surface area contributed by atoms with Crippen LogP contribution in [-0.2, 0) is 11.2 Å². The molecule has 1 saturated heterocycles. The highest BCUT2D eigenvalue weighted by atomic mass is 16.5. The molecule has 0 aromatic heterocycles. The Morgan fingerprint density at radius 1 is 1.10 bits per heavy atom. The van der Waals surface area contributed by atoms with Crippen molar-refractivity contribution in [3.05, 3.63) is 59.2 Å². The van der Waals surface area contributed by atoms with Gasteiger partial charge in [-0.2, -0.15) is 0 Å². The van der Waals surface area contributed by atoms with Crippen molar-refractivity contribution < 1.29 is 19.0 Å². The van der Waals surface area contributed by atoms with E-state index in [2.05, 4.69) is 23.2 Å². The summed E-state index contributed by atoms with van der Waals surface area (Å²) in [6, 6.07) is 13.8. The van der Waals surface area contributed by atoms with E-state index in [9.17, 15) is 4.79 Å². The summed E-state index contributed by atoms with van der Waals surface area (Å²) >= 11 is 0. The van der Waals surface area contributed by atoms with Gasteiger partial charge in [-0.3, -0.25) is 9.69 Å².